The van der Waals surface area contributed by atoms with E-state index in [-0.39, 0.29) is 30.9 Å². The van der Waals surface area contributed by atoms with Gasteiger partial charge < -0.3 is 20.3 Å². The van der Waals surface area contributed by atoms with Crippen molar-refractivity contribution in [3.05, 3.63) is 33.7 Å². The van der Waals surface area contributed by atoms with E-state index in [9.17, 15) is 14.4 Å². The third-order valence-corrected chi connectivity index (χ3v) is 5.37. The van der Waals surface area contributed by atoms with Gasteiger partial charge in [0.2, 0.25) is 5.91 Å². The van der Waals surface area contributed by atoms with Gasteiger partial charge >= 0.3 is 6.03 Å². The van der Waals surface area contributed by atoms with Gasteiger partial charge in [-0.2, -0.15) is 11.3 Å². The van der Waals surface area contributed by atoms with Crippen LogP contribution in [0.3, 0.4) is 0 Å². The van der Waals surface area contributed by atoms with Gasteiger partial charge in [0.05, 0.1) is 23.9 Å². The Bertz CT molecular complexity index is 747. The van der Waals surface area contributed by atoms with Crippen LogP contribution in [0.2, 0.25) is 0 Å². The fourth-order valence-electron chi connectivity index (χ4n) is 3.37. The van der Waals surface area contributed by atoms with Crippen LogP contribution in [0.5, 0.6) is 0 Å². The van der Waals surface area contributed by atoms with E-state index in [0.29, 0.717) is 37.4 Å². The minimum absolute atomic E-state index is 0.0269. The molecule has 9 heteroatoms. The number of nitrogens with zero attached hydrogens (tertiary/aromatic N) is 2. The van der Waals surface area contributed by atoms with Crippen LogP contribution in [0.25, 0.3) is 0 Å². The Morgan fingerprint density at radius 3 is 2.93 bits per heavy atom. The average Bonchev–Trinajstić information content (AvgIpc) is 3.28. The van der Waals surface area contributed by atoms with E-state index in [2.05, 4.69) is 10.6 Å². The molecular formula is C18H24N4O4S. The normalized spacial score (nSPS) is 19.4. The number of amides is 4. The Labute approximate surface area is 162 Å². The predicted molar refractivity (Wildman–Crippen MR) is 101 cm³/mol. The zero-order valence-electron chi connectivity index (χ0n) is 15.5. The topological polar surface area (TPSA) is 91.0 Å². The molecule has 0 saturated carbocycles. The second-order valence-corrected chi connectivity index (χ2v) is 7.18. The molecule has 1 atom stereocenters. The zero-order valence-corrected chi connectivity index (χ0v) is 16.3. The molecule has 0 aromatic carbocycles. The van der Waals surface area contributed by atoms with E-state index < -0.39 is 6.04 Å². The maximum Gasteiger partial charge on any atom is 0.322 e. The molecule has 0 unspecified atom stereocenters. The first-order valence-corrected chi connectivity index (χ1v) is 9.89. The maximum absolute atomic E-state index is 13.0. The highest BCUT2D eigenvalue weighted by molar-refractivity contribution is 7.08. The number of thiophene rings is 1. The lowest BCUT2D eigenvalue weighted by Crippen LogP contribution is -2.47. The molecule has 0 bridgehead atoms. The minimum Gasteiger partial charge on any atom is -0.385 e. The molecule has 0 fully saturated rings. The second-order valence-electron chi connectivity index (χ2n) is 6.40. The molecule has 27 heavy (non-hydrogen) atoms. The minimum atomic E-state index is -0.469. The van der Waals surface area contributed by atoms with Gasteiger partial charge in [-0.3, -0.25) is 14.5 Å². The Hall–Kier alpha value is -2.39. The van der Waals surface area contributed by atoms with Crippen LogP contribution < -0.4 is 10.6 Å². The summed E-state index contributed by atoms with van der Waals surface area (Å²) in [6.45, 7) is 3.64. The summed E-state index contributed by atoms with van der Waals surface area (Å²) in [6.07, 6.45) is 0.715. The van der Waals surface area contributed by atoms with E-state index in [1.165, 1.54) is 16.2 Å². The summed E-state index contributed by atoms with van der Waals surface area (Å²) in [6, 6.07) is 1.22. The van der Waals surface area contributed by atoms with Crippen molar-refractivity contribution >= 4 is 29.2 Å². The molecule has 0 saturated heterocycles. The van der Waals surface area contributed by atoms with Crippen molar-refractivity contribution in [1.82, 2.24) is 20.4 Å². The smallest absolute Gasteiger partial charge is 0.322 e. The molecule has 3 heterocycles. The van der Waals surface area contributed by atoms with E-state index in [4.69, 9.17) is 4.74 Å². The number of hydrogen-bond acceptors (Lipinski definition) is 5. The Balaban J connectivity index is 1.74. The van der Waals surface area contributed by atoms with Gasteiger partial charge in [-0.25, -0.2) is 4.79 Å². The van der Waals surface area contributed by atoms with Crippen molar-refractivity contribution < 1.29 is 19.1 Å². The highest BCUT2D eigenvalue weighted by atomic mass is 32.1. The van der Waals surface area contributed by atoms with Crippen LogP contribution in [0.15, 0.2) is 28.1 Å². The maximum atomic E-state index is 13.0. The van der Waals surface area contributed by atoms with Crippen molar-refractivity contribution in [3.63, 3.8) is 0 Å². The van der Waals surface area contributed by atoms with Gasteiger partial charge in [-0.1, -0.05) is 0 Å². The monoisotopic (exact) mass is 392 g/mol. The SMILES string of the molecule is CCN1C(=O)N[C@@H](c2ccsc2)C2=C1CN(CC(=O)NCCCOC)C2=O. The largest absolute Gasteiger partial charge is 0.385 e. The first-order valence-electron chi connectivity index (χ1n) is 8.94. The van der Waals surface area contributed by atoms with E-state index in [0.717, 1.165) is 5.56 Å². The summed E-state index contributed by atoms with van der Waals surface area (Å²) in [7, 11) is 1.61. The number of ether oxygens (including phenoxy) is 1. The van der Waals surface area contributed by atoms with Crippen molar-refractivity contribution in [2.75, 3.05) is 39.9 Å². The number of methoxy groups -OCH3 is 1. The van der Waals surface area contributed by atoms with Gasteiger partial charge in [0, 0.05) is 26.8 Å². The van der Waals surface area contributed by atoms with Gasteiger partial charge in [-0.15, -0.1) is 0 Å². The van der Waals surface area contributed by atoms with E-state index >= 15 is 0 Å². The molecule has 4 amide bonds. The summed E-state index contributed by atoms with van der Waals surface area (Å²) < 4.78 is 4.95. The highest BCUT2D eigenvalue weighted by Crippen LogP contribution is 2.36. The van der Waals surface area contributed by atoms with Crippen LogP contribution in [0, 0.1) is 0 Å². The fourth-order valence-corrected chi connectivity index (χ4v) is 4.06. The van der Waals surface area contributed by atoms with Crippen LogP contribution in [0.1, 0.15) is 24.9 Å². The summed E-state index contributed by atoms with van der Waals surface area (Å²) in [4.78, 5) is 40.7. The molecule has 2 N–H and O–H groups in total. The molecular weight excluding hydrogens is 368 g/mol. The molecule has 0 aliphatic carbocycles. The van der Waals surface area contributed by atoms with Crippen LogP contribution in [-0.4, -0.2) is 67.5 Å². The van der Waals surface area contributed by atoms with Gasteiger partial charge in [0.1, 0.15) is 6.54 Å². The lowest BCUT2D eigenvalue weighted by atomic mass is 9.98. The molecule has 3 rings (SSSR count). The van der Waals surface area contributed by atoms with Gasteiger partial charge in [-0.05, 0) is 35.7 Å². The van der Waals surface area contributed by atoms with Crippen molar-refractivity contribution in [3.8, 4) is 0 Å². The molecule has 2 aliphatic rings. The summed E-state index contributed by atoms with van der Waals surface area (Å²) in [5, 5.41) is 9.55. The van der Waals surface area contributed by atoms with E-state index in [1.807, 2.05) is 23.8 Å². The third-order valence-electron chi connectivity index (χ3n) is 4.67. The Morgan fingerprint density at radius 2 is 2.26 bits per heavy atom. The van der Waals surface area contributed by atoms with Crippen LogP contribution in [-0.2, 0) is 14.3 Å². The first-order chi connectivity index (χ1) is 13.1. The van der Waals surface area contributed by atoms with E-state index in [1.54, 1.807) is 12.0 Å². The number of hydrogen-bond donors (Lipinski definition) is 2. The first kappa shape index (κ1) is 19.4. The second kappa shape index (κ2) is 8.53. The lowest BCUT2D eigenvalue weighted by Gasteiger charge is -2.32. The molecule has 0 spiro atoms. The Morgan fingerprint density at radius 1 is 1.44 bits per heavy atom. The zero-order chi connectivity index (χ0) is 19.4. The molecule has 1 aromatic rings. The van der Waals surface area contributed by atoms with Crippen LogP contribution in [0.4, 0.5) is 4.79 Å². The molecule has 8 nitrogen and oxygen atoms in total. The van der Waals surface area contributed by atoms with Crippen molar-refractivity contribution in [2.24, 2.45) is 0 Å². The van der Waals surface area contributed by atoms with Crippen LogP contribution >= 0.6 is 11.3 Å². The number of urea groups is 1. The molecule has 146 valence electrons. The highest BCUT2D eigenvalue weighted by Gasteiger charge is 2.43. The quantitative estimate of drug-likeness (QED) is 0.648. The number of carbonyl (C=O) groups is 3. The number of carbonyl (C=O) groups excluding carboxylic acids is 3. The summed E-state index contributed by atoms with van der Waals surface area (Å²) >= 11 is 1.51. The van der Waals surface area contributed by atoms with Gasteiger partial charge in [0.15, 0.2) is 0 Å². The Kier molecular flexibility index (Phi) is 6.12. The van der Waals surface area contributed by atoms with Crippen molar-refractivity contribution in [2.45, 2.75) is 19.4 Å². The summed E-state index contributed by atoms with van der Waals surface area (Å²) in [5.74, 6) is -0.416. The molecule has 0 radical (unpaired) electrons. The predicted octanol–water partition coefficient (Wildman–Crippen LogP) is 1.08. The number of nitrogens with one attached hydrogen (secondary N) is 2. The molecule has 1 aromatic heterocycles. The standard InChI is InChI=1S/C18H24N4O4S/c1-3-22-13-9-21(10-14(23)19-6-4-7-26-2)17(24)15(13)16(20-18(22)25)12-5-8-27-11-12/h5,8,11,16H,3-4,6-7,9-10H2,1-2H3,(H,19,23)(H,20,25)/t16-/m0/s1. The average molecular weight is 392 g/mol. The fraction of sp³-hybridized carbons (Fsp3) is 0.500. The van der Waals surface area contributed by atoms with Gasteiger partial charge in [0.25, 0.3) is 5.91 Å². The lowest BCUT2D eigenvalue weighted by molar-refractivity contribution is -0.131. The number of likely N-dealkylation sites (N-methyl/N-ethyl adjacent to an activating group) is 1. The third kappa shape index (κ3) is 3.98. The number of rotatable bonds is 8. The molecule has 2 aliphatic heterocycles. The summed E-state index contributed by atoms with van der Waals surface area (Å²) in [5.41, 5.74) is 2.13. The van der Waals surface area contributed by atoms with Crippen molar-refractivity contribution in [1.29, 1.82) is 0 Å².